The zero-order valence-electron chi connectivity index (χ0n) is 13.3. The Labute approximate surface area is 133 Å². The molecule has 0 aliphatic heterocycles. The molecule has 2 aromatic carbocycles. The first kappa shape index (κ1) is 15.9. The van der Waals surface area contributed by atoms with E-state index in [2.05, 4.69) is 55.2 Å². The summed E-state index contributed by atoms with van der Waals surface area (Å²) in [6.07, 6.45) is 6.46. The molecule has 0 aromatic heterocycles. The molecule has 0 saturated heterocycles. The number of ether oxygens (including phenoxy) is 1. The SMILES string of the molecule is CC=CCCc1ccc(C#Cc2ccc(OCC)cc2)cc1. The number of rotatable bonds is 5. The van der Waals surface area contributed by atoms with E-state index in [0.717, 1.165) is 29.7 Å². The molecule has 0 atom stereocenters. The quantitative estimate of drug-likeness (QED) is 0.556. The van der Waals surface area contributed by atoms with Crippen LogP contribution in [-0.4, -0.2) is 6.61 Å². The van der Waals surface area contributed by atoms with Gasteiger partial charge >= 0.3 is 0 Å². The molecule has 2 aromatic rings. The molecule has 0 saturated carbocycles. The topological polar surface area (TPSA) is 9.23 Å². The second-order valence-corrected chi connectivity index (χ2v) is 5.01. The molecule has 0 aliphatic rings. The van der Waals surface area contributed by atoms with E-state index in [4.69, 9.17) is 4.74 Å². The van der Waals surface area contributed by atoms with Crippen molar-refractivity contribution in [3.8, 4) is 17.6 Å². The maximum Gasteiger partial charge on any atom is 0.119 e. The molecular formula is C21H22O. The van der Waals surface area contributed by atoms with E-state index < -0.39 is 0 Å². The van der Waals surface area contributed by atoms with Crippen molar-refractivity contribution >= 4 is 0 Å². The maximum atomic E-state index is 5.42. The number of aryl methyl sites for hydroxylation is 1. The third-order valence-electron chi connectivity index (χ3n) is 3.31. The molecule has 112 valence electrons. The zero-order chi connectivity index (χ0) is 15.6. The summed E-state index contributed by atoms with van der Waals surface area (Å²) in [4.78, 5) is 0. The van der Waals surface area contributed by atoms with Crippen molar-refractivity contribution in [3.05, 3.63) is 77.4 Å². The predicted molar refractivity (Wildman–Crippen MR) is 93.2 cm³/mol. The second kappa shape index (κ2) is 8.74. The van der Waals surface area contributed by atoms with Gasteiger partial charge in [-0.15, -0.1) is 0 Å². The summed E-state index contributed by atoms with van der Waals surface area (Å²) in [7, 11) is 0. The van der Waals surface area contributed by atoms with Gasteiger partial charge in [0.15, 0.2) is 0 Å². The monoisotopic (exact) mass is 290 g/mol. The summed E-state index contributed by atoms with van der Waals surface area (Å²) in [6, 6.07) is 16.4. The molecule has 0 fully saturated rings. The lowest BCUT2D eigenvalue weighted by Gasteiger charge is -2.01. The Morgan fingerprint density at radius 1 is 0.909 bits per heavy atom. The molecule has 0 spiro atoms. The van der Waals surface area contributed by atoms with Crippen LogP contribution in [0.3, 0.4) is 0 Å². The standard InChI is InChI=1S/C21H22O/c1-3-5-6-7-18-8-10-19(11-9-18)12-13-20-14-16-21(17-15-20)22-4-2/h3,5,8-11,14-17H,4,6-7H2,1-2H3. The minimum absolute atomic E-state index is 0.686. The van der Waals surface area contributed by atoms with Crippen molar-refractivity contribution in [2.24, 2.45) is 0 Å². The van der Waals surface area contributed by atoms with Crippen molar-refractivity contribution in [3.63, 3.8) is 0 Å². The highest BCUT2D eigenvalue weighted by atomic mass is 16.5. The number of allylic oxidation sites excluding steroid dienone is 2. The fraction of sp³-hybridized carbons (Fsp3) is 0.238. The first-order valence-corrected chi connectivity index (χ1v) is 7.77. The molecule has 22 heavy (non-hydrogen) atoms. The van der Waals surface area contributed by atoms with E-state index in [1.54, 1.807) is 0 Å². The van der Waals surface area contributed by atoms with Crippen LogP contribution in [-0.2, 0) is 6.42 Å². The van der Waals surface area contributed by atoms with Crippen LogP contribution in [0.4, 0.5) is 0 Å². The summed E-state index contributed by atoms with van der Waals surface area (Å²) in [5, 5.41) is 0. The van der Waals surface area contributed by atoms with Gasteiger partial charge < -0.3 is 4.74 Å². The molecule has 0 bridgehead atoms. The van der Waals surface area contributed by atoms with Crippen LogP contribution >= 0.6 is 0 Å². The van der Waals surface area contributed by atoms with Crippen LogP contribution in [0.2, 0.25) is 0 Å². The van der Waals surface area contributed by atoms with E-state index >= 15 is 0 Å². The number of hydrogen-bond donors (Lipinski definition) is 0. The maximum absolute atomic E-state index is 5.42. The summed E-state index contributed by atoms with van der Waals surface area (Å²) in [5.74, 6) is 7.27. The number of benzene rings is 2. The molecule has 0 heterocycles. The van der Waals surface area contributed by atoms with Gasteiger partial charge in [0.05, 0.1) is 6.61 Å². The lowest BCUT2D eigenvalue weighted by Crippen LogP contribution is -1.90. The van der Waals surface area contributed by atoms with E-state index in [1.807, 2.05) is 31.2 Å². The number of hydrogen-bond acceptors (Lipinski definition) is 1. The lowest BCUT2D eigenvalue weighted by molar-refractivity contribution is 0.340. The van der Waals surface area contributed by atoms with Crippen LogP contribution in [0.5, 0.6) is 5.75 Å². The Bertz CT molecular complexity index is 652. The highest BCUT2D eigenvalue weighted by Gasteiger charge is 1.93. The third kappa shape index (κ3) is 5.14. The smallest absolute Gasteiger partial charge is 0.119 e. The first-order valence-electron chi connectivity index (χ1n) is 7.77. The van der Waals surface area contributed by atoms with Crippen LogP contribution in [0.15, 0.2) is 60.7 Å². The predicted octanol–water partition coefficient (Wildman–Crippen LogP) is 4.99. The zero-order valence-corrected chi connectivity index (χ0v) is 13.3. The first-order chi connectivity index (χ1) is 10.8. The lowest BCUT2D eigenvalue weighted by atomic mass is 10.1. The van der Waals surface area contributed by atoms with E-state index in [9.17, 15) is 0 Å². The van der Waals surface area contributed by atoms with Crippen molar-refractivity contribution in [1.29, 1.82) is 0 Å². The van der Waals surface area contributed by atoms with Gasteiger partial charge in [-0.1, -0.05) is 36.1 Å². The van der Waals surface area contributed by atoms with Gasteiger partial charge in [0.1, 0.15) is 5.75 Å². The van der Waals surface area contributed by atoms with Gasteiger partial charge in [-0.2, -0.15) is 0 Å². The minimum Gasteiger partial charge on any atom is -0.494 e. The van der Waals surface area contributed by atoms with Crippen LogP contribution < -0.4 is 4.74 Å². The van der Waals surface area contributed by atoms with Gasteiger partial charge in [0.2, 0.25) is 0 Å². The minimum atomic E-state index is 0.686. The van der Waals surface area contributed by atoms with E-state index in [-0.39, 0.29) is 0 Å². The summed E-state index contributed by atoms with van der Waals surface area (Å²) in [6.45, 7) is 4.72. The average molecular weight is 290 g/mol. The molecule has 1 nitrogen and oxygen atoms in total. The van der Waals surface area contributed by atoms with Gasteiger partial charge in [0, 0.05) is 11.1 Å². The molecule has 0 aliphatic carbocycles. The van der Waals surface area contributed by atoms with Crippen molar-refractivity contribution < 1.29 is 4.74 Å². The summed E-state index contributed by atoms with van der Waals surface area (Å²) >= 11 is 0. The largest absolute Gasteiger partial charge is 0.494 e. The van der Waals surface area contributed by atoms with Gasteiger partial charge in [0.25, 0.3) is 0 Å². The fourth-order valence-electron chi connectivity index (χ4n) is 2.12. The Balaban J connectivity index is 1.98. The Kier molecular flexibility index (Phi) is 6.33. The Morgan fingerprint density at radius 3 is 2.05 bits per heavy atom. The Morgan fingerprint density at radius 2 is 1.50 bits per heavy atom. The average Bonchev–Trinajstić information content (AvgIpc) is 2.56. The van der Waals surface area contributed by atoms with E-state index in [1.165, 1.54) is 5.56 Å². The second-order valence-electron chi connectivity index (χ2n) is 5.01. The summed E-state index contributed by atoms with van der Waals surface area (Å²) in [5.41, 5.74) is 3.40. The van der Waals surface area contributed by atoms with Gasteiger partial charge in [-0.05, 0) is 68.7 Å². The fourth-order valence-corrected chi connectivity index (χ4v) is 2.12. The highest BCUT2D eigenvalue weighted by molar-refractivity contribution is 5.44. The van der Waals surface area contributed by atoms with Crippen LogP contribution in [0.1, 0.15) is 37.0 Å². The van der Waals surface area contributed by atoms with Crippen molar-refractivity contribution in [2.45, 2.75) is 26.7 Å². The van der Waals surface area contributed by atoms with Crippen molar-refractivity contribution in [2.75, 3.05) is 6.61 Å². The molecule has 2 rings (SSSR count). The summed E-state index contributed by atoms with van der Waals surface area (Å²) < 4.78 is 5.42. The normalized spacial score (nSPS) is 10.3. The highest BCUT2D eigenvalue weighted by Crippen LogP contribution is 2.11. The van der Waals surface area contributed by atoms with Crippen LogP contribution in [0, 0.1) is 11.8 Å². The van der Waals surface area contributed by atoms with Crippen molar-refractivity contribution in [1.82, 2.24) is 0 Å². The molecule has 1 heteroatoms. The third-order valence-corrected chi connectivity index (χ3v) is 3.31. The molecule has 0 radical (unpaired) electrons. The van der Waals surface area contributed by atoms with Gasteiger partial charge in [-0.25, -0.2) is 0 Å². The molecule has 0 amide bonds. The van der Waals surface area contributed by atoms with Crippen LogP contribution in [0.25, 0.3) is 0 Å². The molecular weight excluding hydrogens is 268 g/mol. The van der Waals surface area contributed by atoms with Gasteiger partial charge in [-0.3, -0.25) is 0 Å². The molecule has 0 N–H and O–H groups in total. The molecule has 0 unspecified atom stereocenters. The van der Waals surface area contributed by atoms with E-state index in [0.29, 0.717) is 6.61 Å². The Hall–Kier alpha value is -2.46.